The minimum absolute atomic E-state index is 0.0761. The molecule has 0 saturated carbocycles. The Bertz CT molecular complexity index is 551. The Morgan fingerprint density at radius 2 is 2.42 bits per heavy atom. The van der Waals surface area contributed by atoms with E-state index in [0.717, 1.165) is 36.2 Å². The molecule has 3 nitrogen and oxygen atoms in total. The van der Waals surface area contributed by atoms with Crippen molar-refractivity contribution in [1.29, 1.82) is 0 Å². The van der Waals surface area contributed by atoms with Crippen molar-refractivity contribution in [3.05, 3.63) is 53.4 Å². The Hall–Kier alpha value is -1.68. The molecule has 100 valence electrons. The van der Waals surface area contributed by atoms with Crippen LogP contribution < -0.4 is 5.32 Å². The fourth-order valence-electron chi connectivity index (χ4n) is 2.88. The Balaban J connectivity index is 1.81. The molecule has 1 aliphatic carbocycles. The van der Waals surface area contributed by atoms with Gasteiger partial charge in [0.05, 0.1) is 6.04 Å². The standard InChI is InChI=1S/C15H18FN3/c1-2-13(15-17-8-9-18-15)19-14-7-6-10-11(14)4-3-5-12(10)16/h3-5,8-9,13-14,19H,2,6-7H2,1H3,(H,17,18). The summed E-state index contributed by atoms with van der Waals surface area (Å²) in [7, 11) is 0. The third kappa shape index (κ3) is 2.28. The zero-order valence-corrected chi connectivity index (χ0v) is 11.0. The predicted molar refractivity (Wildman–Crippen MR) is 72.2 cm³/mol. The van der Waals surface area contributed by atoms with Gasteiger partial charge in [-0.25, -0.2) is 9.37 Å². The van der Waals surface area contributed by atoms with Crippen molar-refractivity contribution in [2.75, 3.05) is 0 Å². The summed E-state index contributed by atoms with van der Waals surface area (Å²) in [6, 6.07) is 5.78. The van der Waals surface area contributed by atoms with E-state index < -0.39 is 0 Å². The van der Waals surface area contributed by atoms with Crippen molar-refractivity contribution < 1.29 is 4.39 Å². The van der Waals surface area contributed by atoms with Gasteiger partial charge < -0.3 is 10.3 Å². The lowest BCUT2D eigenvalue weighted by Gasteiger charge is -2.21. The first kappa shape index (κ1) is 12.4. The first-order valence-electron chi connectivity index (χ1n) is 6.82. The van der Waals surface area contributed by atoms with Crippen LogP contribution in [0.25, 0.3) is 0 Å². The number of aromatic nitrogens is 2. The maximum atomic E-state index is 13.7. The van der Waals surface area contributed by atoms with Gasteiger partial charge in [-0.05, 0) is 36.5 Å². The van der Waals surface area contributed by atoms with Crippen LogP contribution in [-0.4, -0.2) is 9.97 Å². The molecule has 1 aromatic carbocycles. The van der Waals surface area contributed by atoms with Gasteiger partial charge in [-0.3, -0.25) is 0 Å². The van der Waals surface area contributed by atoms with Crippen LogP contribution in [0.2, 0.25) is 0 Å². The highest BCUT2D eigenvalue weighted by atomic mass is 19.1. The van der Waals surface area contributed by atoms with Crippen molar-refractivity contribution >= 4 is 0 Å². The van der Waals surface area contributed by atoms with Gasteiger partial charge in [-0.2, -0.15) is 0 Å². The highest BCUT2D eigenvalue weighted by Crippen LogP contribution is 2.34. The summed E-state index contributed by atoms with van der Waals surface area (Å²) in [6.45, 7) is 2.13. The predicted octanol–water partition coefficient (Wildman–Crippen LogP) is 3.28. The van der Waals surface area contributed by atoms with E-state index in [4.69, 9.17) is 0 Å². The van der Waals surface area contributed by atoms with Gasteiger partial charge >= 0.3 is 0 Å². The topological polar surface area (TPSA) is 40.7 Å². The lowest BCUT2D eigenvalue weighted by atomic mass is 10.1. The number of aromatic amines is 1. The molecule has 0 saturated heterocycles. The number of hydrogen-bond acceptors (Lipinski definition) is 2. The SMILES string of the molecule is CCC(NC1CCc2c(F)cccc21)c1ncc[nH]1. The maximum absolute atomic E-state index is 13.7. The lowest BCUT2D eigenvalue weighted by Crippen LogP contribution is -2.25. The molecule has 0 aliphatic heterocycles. The fraction of sp³-hybridized carbons (Fsp3) is 0.400. The van der Waals surface area contributed by atoms with Crippen molar-refractivity contribution in [3.8, 4) is 0 Å². The molecule has 0 bridgehead atoms. The molecule has 4 heteroatoms. The summed E-state index contributed by atoms with van der Waals surface area (Å²) in [5, 5.41) is 3.59. The molecule has 2 atom stereocenters. The second-order valence-electron chi connectivity index (χ2n) is 5.00. The van der Waals surface area contributed by atoms with E-state index in [1.54, 1.807) is 18.3 Å². The molecule has 0 spiro atoms. The quantitative estimate of drug-likeness (QED) is 0.884. The van der Waals surface area contributed by atoms with Crippen molar-refractivity contribution in [3.63, 3.8) is 0 Å². The molecule has 0 amide bonds. The number of nitrogens with zero attached hydrogens (tertiary/aromatic N) is 1. The molecular weight excluding hydrogens is 241 g/mol. The summed E-state index contributed by atoms with van der Waals surface area (Å²) in [6.07, 6.45) is 6.32. The maximum Gasteiger partial charge on any atom is 0.126 e. The van der Waals surface area contributed by atoms with E-state index in [1.807, 2.05) is 12.3 Å². The molecule has 0 radical (unpaired) electrons. The molecule has 19 heavy (non-hydrogen) atoms. The Kier molecular flexibility index (Phi) is 3.34. The van der Waals surface area contributed by atoms with E-state index in [-0.39, 0.29) is 17.9 Å². The molecule has 2 aromatic rings. The molecule has 2 N–H and O–H groups in total. The van der Waals surface area contributed by atoms with Gasteiger partial charge in [0.15, 0.2) is 0 Å². The highest BCUT2D eigenvalue weighted by molar-refractivity contribution is 5.35. The lowest BCUT2D eigenvalue weighted by molar-refractivity contribution is 0.420. The van der Waals surface area contributed by atoms with Gasteiger partial charge in [-0.1, -0.05) is 19.1 Å². The normalized spacial score (nSPS) is 19.4. The number of fused-ring (bicyclic) bond motifs is 1. The van der Waals surface area contributed by atoms with Crippen LogP contribution >= 0.6 is 0 Å². The number of rotatable bonds is 4. The van der Waals surface area contributed by atoms with Crippen LogP contribution in [-0.2, 0) is 6.42 Å². The first-order valence-corrected chi connectivity index (χ1v) is 6.82. The van der Waals surface area contributed by atoms with Crippen molar-refractivity contribution in [1.82, 2.24) is 15.3 Å². The second kappa shape index (κ2) is 5.13. The van der Waals surface area contributed by atoms with Crippen LogP contribution in [0.3, 0.4) is 0 Å². The van der Waals surface area contributed by atoms with Gasteiger partial charge in [0.2, 0.25) is 0 Å². The van der Waals surface area contributed by atoms with Gasteiger partial charge in [0.25, 0.3) is 0 Å². The zero-order valence-electron chi connectivity index (χ0n) is 11.0. The highest BCUT2D eigenvalue weighted by Gasteiger charge is 2.27. The molecule has 1 aliphatic rings. The van der Waals surface area contributed by atoms with Crippen LogP contribution in [0.5, 0.6) is 0 Å². The minimum Gasteiger partial charge on any atom is -0.347 e. The molecule has 1 aromatic heterocycles. The van der Waals surface area contributed by atoms with Crippen LogP contribution in [0.4, 0.5) is 4.39 Å². The van der Waals surface area contributed by atoms with E-state index in [9.17, 15) is 4.39 Å². The fourth-order valence-corrected chi connectivity index (χ4v) is 2.88. The Morgan fingerprint density at radius 3 is 3.16 bits per heavy atom. The largest absolute Gasteiger partial charge is 0.347 e. The molecule has 1 heterocycles. The van der Waals surface area contributed by atoms with Gasteiger partial charge in [0.1, 0.15) is 11.6 Å². The number of nitrogens with one attached hydrogen (secondary N) is 2. The van der Waals surface area contributed by atoms with Crippen molar-refractivity contribution in [2.24, 2.45) is 0 Å². The first-order chi connectivity index (χ1) is 9.29. The average molecular weight is 259 g/mol. The number of imidazole rings is 1. The van der Waals surface area contributed by atoms with Crippen LogP contribution in [0, 0.1) is 5.82 Å². The number of halogens is 1. The van der Waals surface area contributed by atoms with E-state index in [1.165, 1.54) is 0 Å². The average Bonchev–Trinajstić information content (AvgIpc) is 3.06. The molecular formula is C15H18FN3. The number of benzene rings is 1. The van der Waals surface area contributed by atoms with E-state index in [2.05, 4.69) is 22.2 Å². The zero-order chi connectivity index (χ0) is 13.2. The monoisotopic (exact) mass is 259 g/mol. The summed E-state index contributed by atoms with van der Waals surface area (Å²) in [5.74, 6) is 0.875. The van der Waals surface area contributed by atoms with E-state index in [0.29, 0.717) is 0 Å². The summed E-state index contributed by atoms with van der Waals surface area (Å²) >= 11 is 0. The molecule has 2 unspecified atom stereocenters. The van der Waals surface area contributed by atoms with Crippen LogP contribution in [0.15, 0.2) is 30.6 Å². The Morgan fingerprint density at radius 1 is 1.53 bits per heavy atom. The minimum atomic E-state index is -0.0761. The molecule has 3 rings (SSSR count). The van der Waals surface area contributed by atoms with Gasteiger partial charge in [-0.15, -0.1) is 0 Å². The smallest absolute Gasteiger partial charge is 0.126 e. The number of hydrogen-bond donors (Lipinski definition) is 2. The summed E-state index contributed by atoms with van der Waals surface area (Å²) < 4.78 is 13.7. The number of H-pyrrole nitrogens is 1. The molecule has 0 fully saturated rings. The van der Waals surface area contributed by atoms with E-state index >= 15 is 0 Å². The third-order valence-corrected chi connectivity index (χ3v) is 3.87. The van der Waals surface area contributed by atoms with Crippen molar-refractivity contribution in [2.45, 2.75) is 38.3 Å². The second-order valence-corrected chi connectivity index (χ2v) is 5.00. The third-order valence-electron chi connectivity index (χ3n) is 3.87. The van der Waals surface area contributed by atoms with Crippen LogP contribution in [0.1, 0.15) is 48.8 Å². The Labute approximate surface area is 112 Å². The summed E-state index contributed by atoms with van der Waals surface area (Å²) in [4.78, 5) is 7.46. The van der Waals surface area contributed by atoms with Gasteiger partial charge in [0, 0.05) is 18.4 Å². The summed E-state index contributed by atoms with van der Waals surface area (Å²) in [5.41, 5.74) is 1.97.